The van der Waals surface area contributed by atoms with Gasteiger partial charge in [0, 0.05) is 35.2 Å². The van der Waals surface area contributed by atoms with Crippen molar-refractivity contribution in [2.75, 3.05) is 6.54 Å². The predicted octanol–water partition coefficient (Wildman–Crippen LogP) is 3.79. The highest BCUT2D eigenvalue weighted by atomic mass is 16.1. The first-order valence-corrected chi connectivity index (χ1v) is 8.84. The molecular formula is C21H19N3O. The largest absolute Gasteiger partial charge is 0.352 e. The molecule has 1 fully saturated rings. The van der Waals surface area contributed by atoms with E-state index in [4.69, 9.17) is 0 Å². The van der Waals surface area contributed by atoms with E-state index in [9.17, 15) is 4.79 Å². The number of nitrogens with one attached hydrogen (secondary N) is 2. The quantitative estimate of drug-likeness (QED) is 0.598. The number of amides is 1. The lowest BCUT2D eigenvalue weighted by atomic mass is 10.0. The lowest BCUT2D eigenvalue weighted by Gasteiger charge is -2.05. The molecule has 1 saturated carbocycles. The average molecular weight is 329 g/mol. The number of fused-ring (bicyclic) bond motifs is 3. The van der Waals surface area contributed by atoms with Gasteiger partial charge in [0.2, 0.25) is 0 Å². The van der Waals surface area contributed by atoms with Crippen LogP contribution in [0.3, 0.4) is 0 Å². The Morgan fingerprint density at radius 1 is 1.12 bits per heavy atom. The van der Waals surface area contributed by atoms with Crippen LogP contribution >= 0.6 is 0 Å². The van der Waals surface area contributed by atoms with Gasteiger partial charge in [0.1, 0.15) is 0 Å². The molecule has 0 atom stereocenters. The fourth-order valence-corrected chi connectivity index (χ4v) is 3.55. The Morgan fingerprint density at radius 3 is 2.72 bits per heavy atom. The predicted molar refractivity (Wildman–Crippen MR) is 97.3 cm³/mol. The van der Waals surface area contributed by atoms with Crippen LogP contribution in [0.25, 0.3) is 22.5 Å². The van der Waals surface area contributed by atoms with Gasteiger partial charge < -0.3 is 5.32 Å². The van der Waals surface area contributed by atoms with Gasteiger partial charge in [-0.3, -0.25) is 9.89 Å². The second kappa shape index (κ2) is 5.59. The summed E-state index contributed by atoms with van der Waals surface area (Å²) in [5, 5.41) is 10.7. The summed E-state index contributed by atoms with van der Waals surface area (Å²) in [7, 11) is 0. The SMILES string of the molecule is O=C(NCC1CC1)c1ccc(-c2n[nH]c3c2Cc2ccccc2-3)cc1. The van der Waals surface area contributed by atoms with Gasteiger partial charge in [-0.15, -0.1) is 0 Å². The van der Waals surface area contributed by atoms with E-state index >= 15 is 0 Å². The van der Waals surface area contributed by atoms with Gasteiger partial charge in [0.25, 0.3) is 5.91 Å². The summed E-state index contributed by atoms with van der Waals surface area (Å²) in [6, 6.07) is 16.2. The molecule has 1 heterocycles. The fourth-order valence-electron chi connectivity index (χ4n) is 3.55. The molecule has 2 aliphatic rings. The number of carbonyl (C=O) groups excluding carboxylic acids is 1. The van der Waals surface area contributed by atoms with Crippen molar-refractivity contribution in [1.29, 1.82) is 0 Å². The Hall–Kier alpha value is -2.88. The zero-order valence-electron chi connectivity index (χ0n) is 13.9. The van der Waals surface area contributed by atoms with Crippen LogP contribution < -0.4 is 5.32 Å². The van der Waals surface area contributed by atoms with E-state index in [1.165, 1.54) is 29.5 Å². The molecular weight excluding hydrogens is 310 g/mol. The molecule has 0 radical (unpaired) electrons. The van der Waals surface area contributed by atoms with Crippen LogP contribution in [0.1, 0.15) is 34.3 Å². The van der Waals surface area contributed by atoms with Crippen molar-refractivity contribution in [3.8, 4) is 22.5 Å². The fraction of sp³-hybridized carbons (Fsp3) is 0.238. The summed E-state index contributed by atoms with van der Waals surface area (Å²) in [4.78, 5) is 12.2. The summed E-state index contributed by atoms with van der Waals surface area (Å²) in [6.07, 6.45) is 3.39. The van der Waals surface area contributed by atoms with Crippen LogP contribution in [0, 0.1) is 5.92 Å². The molecule has 0 spiro atoms. The van der Waals surface area contributed by atoms with Gasteiger partial charge in [0.15, 0.2) is 0 Å². The third kappa shape index (κ3) is 2.54. The van der Waals surface area contributed by atoms with Crippen molar-refractivity contribution < 1.29 is 4.79 Å². The number of aromatic amines is 1. The van der Waals surface area contributed by atoms with Crippen molar-refractivity contribution in [1.82, 2.24) is 15.5 Å². The first-order chi connectivity index (χ1) is 12.3. The Kier molecular flexibility index (Phi) is 3.23. The molecule has 0 unspecified atom stereocenters. The lowest BCUT2D eigenvalue weighted by molar-refractivity contribution is 0.0952. The molecule has 3 aromatic rings. The third-order valence-corrected chi connectivity index (χ3v) is 5.19. The Bertz CT molecular complexity index is 952. The highest BCUT2D eigenvalue weighted by Gasteiger charge is 2.25. The first kappa shape index (κ1) is 14.5. The number of benzene rings is 2. The maximum atomic E-state index is 12.2. The number of aromatic nitrogens is 2. The summed E-state index contributed by atoms with van der Waals surface area (Å²) >= 11 is 0. The standard InChI is InChI=1S/C21H19N3O/c25-21(22-12-13-5-6-13)15-9-7-14(8-10-15)19-18-11-16-3-1-2-4-17(16)20(18)24-23-19/h1-4,7-10,13H,5-6,11-12H2,(H,22,25)(H,23,24). The maximum Gasteiger partial charge on any atom is 0.251 e. The molecule has 5 rings (SSSR count). The molecule has 4 heteroatoms. The van der Waals surface area contributed by atoms with E-state index in [1.54, 1.807) is 0 Å². The summed E-state index contributed by atoms with van der Waals surface area (Å²) in [6.45, 7) is 0.797. The minimum atomic E-state index is 0.0121. The summed E-state index contributed by atoms with van der Waals surface area (Å²) < 4.78 is 0. The van der Waals surface area contributed by atoms with Gasteiger partial charge in [-0.25, -0.2) is 0 Å². The van der Waals surface area contributed by atoms with Crippen molar-refractivity contribution >= 4 is 5.91 Å². The van der Waals surface area contributed by atoms with Crippen LogP contribution in [0.4, 0.5) is 0 Å². The van der Waals surface area contributed by atoms with Crippen LogP contribution in [0.2, 0.25) is 0 Å². The van der Waals surface area contributed by atoms with E-state index in [1.807, 2.05) is 24.3 Å². The topological polar surface area (TPSA) is 57.8 Å². The molecule has 0 aliphatic heterocycles. The molecule has 1 amide bonds. The minimum absolute atomic E-state index is 0.0121. The van der Waals surface area contributed by atoms with E-state index in [-0.39, 0.29) is 5.91 Å². The van der Waals surface area contributed by atoms with Crippen LogP contribution in [-0.2, 0) is 6.42 Å². The zero-order chi connectivity index (χ0) is 16.8. The Balaban J connectivity index is 1.39. The van der Waals surface area contributed by atoms with E-state index < -0.39 is 0 Å². The second-order valence-electron chi connectivity index (χ2n) is 6.99. The molecule has 2 aliphatic carbocycles. The van der Waals surface area contributed by atoms with E-state index in [0.29, 0.717) is 11.5 Å². The van der Waals surface area contributed by atoms with Gasteiger partial charge in [-0.1, -0.05) is 36.4 Å². The van der Waals surface area contributed by atoms with Crippen LogP contribution in [0.5, 0.6) is 0 Å². The average Bonchev–Trinajstić information content (AvgIpc) is 3.28. The Morgan fingerprint density at radius 2 is 1.92 bits per heavy atom. The molecule has 0 bridgehead atoms. The summed E-state index contributed by atoms with van der Waals surface area (Å²) in [5.74, 6) is 0.703. The van der Waals surface area contributed by atoms with Gasteiger partial charge >= 0.3 is 0 Å². The lowest BCUT2D eigenvalue weighted by Crippen LogP contribution is -2.25. The molecule has 2 aromatic carbocycles. The summed E-state index contributed by atoms with van der Waals surface area (Å²) in [5.41, 5.74) is 7.68. The first-order valence-electron chi connectivity index (χ1n) is 8.84. The monoisotopic (exact) mass is 329 g/mol. The van der Waals surface area contributed by atoms with Gasteiger partial charge in [-0.2, -0.15) is 5.10 Å². The van der Waals surface area contributed by atoms with Crippen LogP contribution in [-0.4, -0.2) is 22.6 Å². The number of hydrogen-bond acceptors (Lipinski definition) is 2. The highest BCUT2D eigenvalue weighted by Crippen LogP contribution is 2.39. The second-order valence-corrected chi connectivity index (χ2v) is 6.99. The normalized spacial score (nSPS) is 14.9. The molecule has 0 saturated heterocycles. The van der Waals surface area contributed by atoms with Crippen molar-refractivity contribution in [3.63, 3.8) is 0 Å². The number of rotatable bonds is 4. The minimum Gasteiger partial charge on any atom is -0.352 e. The zero-order valence-corrected chi connectivity index (χ0v) is 13.9. The van der Waals surface area contributed by atoms with Gasteiger partial charge in [-0.05, 0) is 36.5 Å². The smallest absolute Gasteiger partial charge is 0.251 e. The number of H-pyrrole nitrogens is 1. The van der Waals surface area contributed by atoms with Crippen molar-refractivity contribution in [2.24, 2.45) is 5.92 Å². The molecule has 124 valence electrons. The molecule has 1 aromatic heterocycles. The molecule has 2 N–H and O–H groups in total. The van der Waals surface area contributed by atoms with Crippen LogP contribution in [0.15, 0.2) is 48.5 Å². The van der Waals surface area contributed by atoms with Crippen molar-refractivity contribution in [2.45, 2.75) is 19.3 Å². The highest BCUT2D eigenvalue weighted by molar-refractivity contribution is 5.94. The van der Waals surface area contributed by atoms with E-state index in [0.717, 1.165) is 29.9 Å². The number of nitrogens with zero attached hydrogens (tertiary/aromatic N) is 1. The molecule has 4 nitrogen and oxygen atoms in total. The molecule has 25 heavy (non-hydrogen) atoms. The number of carbonyl (C=O) groups is 1. The van der Waals surface area contributed by atoms with Crippen molar-refractivity contribution in [3.05, 3.63) is 65.2 Å². The third-order valence-electron chi connectivity index (χ3n) is 5.19. The Labute approximate surface area is 146 Å². The van der Waals surface area contributed by atoms with Gasteiger partial charge in [0.05, 0.1) is 11.4 Å². The maximum absolute atomic E-state index is 12.2. The van der Waals surface area contributed by atoms with E-state index in [2.05, 4.69) is 39.8 Å². The number of hydrogen-bond donors (Lipinski definition) is 2.